The number of amides is 1. The summed E-state index contributed by atoms with van der Waals surface area (Å²) in [6, 6.07) is 4.81. The van der Waals surface area contributed by atoms with Crippen molar-refractivity contribution in [3.63, 3.8) is 0 Å². The van der Waals surface area contributed by atoms with E-state index in [1.165, 1.54) is 0 Å². The van der Waals surface area contributed by atoms with E-state index in [-0.39, 0.29) is 17.7 Å². The fraction of sp³-hybridized carbons (Fsp3) is 0.429. The summed E-state index contributed by atoms with van der Waals surface area (Å²) in [7, 11) is 0. The van der Waals surface area contributed by atoms with Crippen molar-refractivity contribution in [2.24, 2.45) is 5.73 Å². The van der Waals surface area contributed by atoms with E-state index >= 15 is 0 Å². The number of carbonyl (C=O) groups excluding carboxylic acids is 1. The third-order valence-electron chi connectivity index (χ3n) is 3.47. The van der Waals surface area contributed by atoms with Gasteiger partial charge in [-0.25, -0.2) is 0 Å². The number of phenols is 1. The van der Waals surface area contributed by atoms with Gasteiger partial charge in [-0.3, -0.25) is 4.79 Å². The number of hydrogen-bond acceptors (Lipinski definition) is 3. The van der Waals surface area contributed by atoms with Crippen LogP contribution in [0.4, 0.5) is 0 Å². The van der Waals surface area contributed by atoms with Gasteiger partial charge in [0.05, 0.1) is 16.6 Å². The standard InChI is InChI=1S/C14H18N2O2S/c1-9-5-6-12(17)10(8-9)14(18)16-7-3-2-4-11(16)13(15)19/h5-6,8,11,17H,2-4,7H2,1H3,(H2,15,19). The summed E-state index contributed by atoms with van der Waals surface area (Å²) in [5, 5.41) is 9.85. The highest BCUT2D eigenvalue weighted by Gasteiger charge is 2.30. The molecule has 0 bridgehead atoms. The molecule has 0 saturated carbocycles. The van der Waals surface area contributed by atoms with E-state index in [0.29, 0.717) is 17.1 Å². The van der Waals surface area contributed by atoms with Crippen molar-refractivity contribution < 1.29 is 9.90 Å². The molecule has 1 heterocycles. The molecule has 1 fully saturated rings. The summed E-state index contributed by atoms with van der Waals surface area (Å²) >= 11 is 5.04. The topological polar surface area (TPSA) is 66.6 Å². The van der Waals surface area contributed by atoms with Crippen molar-refractivity contribution in [3.05, 3.63) is 29.3 Å². The number of thiocarbonyl (C=S) groups is 1. The maximum Gasteiger partial charge on any atom is 0.258 e. The predicted molar refractivity (Wildman–Crippen MR) is 78.3 cm³/mol. The molecule has 1 saturated heterocycles. The van der Waals surface area contributed by atoms with Crippen LogP contribution in [-0.4, -0.2) is 33.5 Å². The lowest BCUT2D eigenvalue weighted by Crippen LogP contribution is -2.49. The summed E-state index contributed by atoms with van der Waals surface area (Å²) < 4.78 is 0. The van der Waals surface area contributed by atoms with Gasteiger partial charge in [-0.2, -0.15) is 0 Å². The van der Waals surface area contributed by atoms with Crippen LogP contribution in [0.5, 0.6) is 5.75 Å². The molecular weight excluding hydrogens is 260 g/mol. The average molecular weight is 278 g/mol. The summed E-state index contributed by atoms with van der Waals surface area (Å²) in [6.45, 7) is 2.52. The molecule has 19 heavy (non-hydrogen) atoms. The van der Waals surface area contributed by atoms with Crippen LogP contribution in [-0.2, 0) is 0 Å². The molecule has 1 aromatic carbocycles. The van der Waals surface area contributed by atoms with E-state index in [4.69, 9.17) is 18.0 Å². The highest BCUT2D eigenvalue weighted by atomic mass is 32.1. The first kappa shape index (κ1) is 13.8. The Kier molecular flexibility index (Phi) is 4.04. The number of rotatable bonds is 2. The quantitative estimate of drug-likeness (QED) is 0.812. The minimum absolute atomic E-state index is 0.00265. The minimum atomic E-state index is -0.198. The van der Waals surface area contributed by atoms with Crippen LogP contribution in [0.1, 0.15) is 35.2 Å². The summed E-state index contributed by atoms with van der Waals surface area (Å²) in [5.41, 5.74) is 6.97. The molecular formula is C14H18N2O2S. The normalized spacial score (nSPS) is 19.2. The van der Waals surface area contributed by atoms with Crippen molar-refractivity contribution in [3.8, 4) is 5.75 Å². The Hall–Kier alpha value is -1.62. The van der Waals surface area contributed by atoms with E-state index in [9.17, 15) is 9.90 Å². The molecule has 1 amide bonds. The SMILES string of the molecule is Cc1ccc(O)c(C(=O)N2CCCCC2C(N)=S)c1. The van der Waals surface area contributed by atoms with Gasteiger partial charge in [-0.15, -0.1) is 0 Å². The van der Waals surface area contributed by atoms with Gasteiger partial charge in [0.2, 0.25) is 0 Å². The van der Waals surface area contributed by atoms with Crippen molar-refractivity contribution in [2.45, 2.75) is 32.2 Å². The Morgan fingerprint density at radius 1 is 1.47 bits per heavy atom. The predicted octanol–water partition coefficient (Wildman–Crippen LogP) is 1.98. The molecule has 1 aliphatic heterocycles. The zero-order valence-electron chi connectivity index (χ0n) is 10.9. The first-order valence-corrected chi connectivity index (χ1v) is 6.81. The summed E-state index contributed by atoms with van der Waals surface area (Å²) in [5.74, 6) is -0.193. The average Bonchev–Trinajstić information content (AvgIpc) is 2.40. The minimum Gasteiger partial charge on any atom is -0.507 e. The second-order valence-electron chi connectivity index (χ2n) is 4.93. The molecule has 0 spiro atoms. The van der Waals surface area contributed by atoms with Crippen LogP contribution in [0.3, 0.4) is 0 Å². The molecule has 0 aliphatic carbocycles. The van der Waals surface area contributed by atoms with Crippen molar-refractivity contribution in [1.82, 2.24) is 4.90 Å². The fourth-order valence-corrected chi connectivity index (χ4v) is 2.69. The third kappa shape index (κ3) is 2.87. The highest BCUT2D eigenvalue weighted by Crippen LogP contribution is 2.25. The molecule has 4 nitrogen and oxygen atoms in total. The Balaban J connectivity index is 2.31. The van der Waals surface area contributed by atoms with Gasteiger partial charge in [0.1, 0.15) is 5.75 Å². The maximum absolute atomic E-state index is 12.5. The highest BCUT2D eigenvalue weighted by molar-refractivity contribution is 7.80. The third-order valence-corrected chi connectivity index (χ3v) is 3.75. The van der Waals surface area contributed by atoms with Gasteiger partial charge >= 0.3 is 0 Å². The molecule has 1 unspecified atom stereocenters. The Bertz CT molecular complexity index is 516. The van der Waals surface area contributed by atoms with Gasteiger partial charge in [-0.05, 0) is 38.3 Å². The van der Waals surface area contributed by atoms with Crippen molar-refractivity contribution >= 4 is 23.1 Å². The number of piperidine rings is 1. The zero-order valence-corrected chi connectivity index (χ0v) is 11.7. The van der Waals surface area contributed by atoms with E-state index in [0.717, 1.165) is 24.8 Å². The fourth-order valence-electron chi connectivity index (χ4n) is 2.45. The number of aromatic hydroxyl groups is 1. The molecule has 2 rings (SSSR count). The number of likely N-dealkylation sites (tertiary alicyclic amines) is 1. The molecule has 1 atom stereocenters. The maximum atomic E-state index is 12.5. The number of hydrogen-bond donors (Lipinski definition) is 2. The largest absolute Gasteiger partial charge is 0.507 e. The molecule has 1 aliphatic rings. The van der Waals surface area contributed by atoms with Gasteiger partial charge in [0.25, 0.3) is 5.91 Å². The lowest BCUT2D eigenvalue weighted by atomic mass is 10.00. The molecule has 5 heteroatoms. The summed E-state index contributed by atoms with van der Waals surface area (Å²) in [4.78, 5) is 14.6. The summed E-state index contributed by atoms with van der Waals surface area (Å²) in [6.07, 6.45) is 2.76. The van der Waals surface area contributed by atoms with Crippen LogP contribution in [0.2, 0.25) is 0 Å². The van der Waals surface area contributed by atoms with Crippen LogP contribution in [0, 0.1) is 6.92 Å². The number of phenolic OH excluding ortho intramolecular Hbond substituents is 1. The number of aryl methyl sites for hydroxylation is 1. The lowest BCUT2D eigenvalue weighted by molar-refractivity contribution is 0.0678. The van der Waals surface area contributed by atoms with Crippen LogP contribution < -0.4 is 5.73 Å². The van der Waals surface area contributed by atoms with Gasteiger partial charge < -0.3 is 15.7 Å². The second-order valence-corrected chi connectivity index (χ2v) is 5.40. The first-order chi connectivity index (χ1) is 9.00. The molecule has 102 valence electrons. The molecule has 3 N–H and O–H groups in total. The van der Waals surface area contributed by atoms with Crippen LogP contribution in [0.25, 0.3) is 0 Å². The molecule has 0 radical (unpaired) electrons. The van der Waals surface area contributed by atoms with E-state index < -0.39 is 0 Å². The van der Waals surface area contributed by atoms with Gasteiger partial charge in [0, 0.05) is 6.54 Å². The lowest BCUT2D eigenvalue weighted by Gasteiger charge is -2.35. The van der Waals surface area contributed by atoms with Gasteiger partial charge in [0.15, 0.2) is 0 Å². The van der Waals surface area contributed by atoms with E-state index in [1.54, 1.807) is 23.1 Å². The molecule has 1 aromatic rings. The number of benzene rings is 1. The second kappa shape index (κ2) is 5.57. The van der Waals surface area contributed by atoms with Crippen LogP contribution >= 0.6 is 12.2 Å². The number of nitrogens with zero attached hydrogens (tertiary/aromatic N) is 1. The van der Waals surface area contributed by atoms with E-state index in [2.05, 4.69) is 0 Å². The monoisotopic (exact) mass is 278 g/mol. The van der Waals surface area contributed by atoms with Crippen LogP contribution in [0.15, 0.2) is 18.2 Å². The Labute approximate surface area is 118 Å². The van der Waals surface area contributed by atoms with Gasteiger partial charge in [-0.1, -0.05) is 23.8 Å². The van der Waals surface area contributed by atoms with Crippen molar-refractivity contribution in [2.75, 3.05) is 6.54 Å². The first-order valence-electron chi connectivity index (χ1n) is 6.40. The smallest absolute Gasteiger partial charge is 0.258 e. The number of carbonyl (C=O) groups is 1. The Morgan fingerprint density at radius 3 is 2.89 bits per heavy atom. The van der Waals surface area contributed by atoms with E-state index in [1.807, 2.05) is 6.92 Å². The Morgan fingerprint density at radius 2 is 2.21 bits per heavy atom. The zero-order chi connectivity index (χ0) is 14.0. The van der Waals surface area contributed by atoms with Crippen molar-refractivity contribution in [1.29, 1.82) is 0 Å². The number of nitrogens with two attached hydrogens (primary N) is 1. The molecule has 0 aromatic heterocycles.